The van der Waals surface area contributed by atoms with Gasteiger partial charge in [-0.05, 0) is 17.7 Å². The fourth-order valence-electron chi connectivity index (χ4n) is 1.70. The lowest BCUT2D eigenvalue weighted by Crippen LogP contribution is -2.18. The van der Waals surface area contributed by atoms with E-state index in [1.807, 2.05) is 31.3 Å². The van der Waals surface area contributed by atoms with Crippen molar-refractivity contribution in [2.75, 3.05) is 7.05 Å². The van der Waals surface area contributed by atoms with Crippen LogP contribution in [0, 0.1) is 0 Å². The first-order chi connectivity index (χ1) is 9.19. The molecule has 2 N–H and O–H groups in total. The lowest BCUT2D eigenvalue weighted by molar-refractivity contribution is 0.0963. The van der Waals surface area contributed by atoms with Gasteiger partial charge in [-0.2, -0.15) is 5.10 Å². The average molecular weight is 259 g/mol. The second kappa shape index (κ2) is 6.10. The molecule has 0 spiro atoms. The topological polar surface area (TPSA) is 71.8 Å². The molecule has 0 bridgehead atoms. The summed E-state index contributed by atoms with van der Waals surface area (Å²) in [7, 11) is 3.46. The SMILES string of the molecule is CNC(=O)c1ccc(CNCc2ncn(C)n2)cc1. The molecule has 1 amide bonds. The number of nitrogens with one attached hydrogen (secondary N) is 2. The highest BCUT2D eigenvalue weighted by molar-refractivity contribution is 5.93. The van der Waals surface area contributed by atoms with E-state index < -0.39 is 0 Å². The van der Waals surface area contributed by atoms with Crippen molar-refractivity contribution in [3.05, 3.63) is 47.5 Å². The van der Waals surface area contributed by atoms with E-state index in [2.05, 4.69) is 20.7 Å². The molecule has 0 aliphatic rings. The van der Waals surface area contributed by atoms with Crippen molar-refractivity contribution in [3.63, 3.8) is 0 Å². The molecule has 1 heterocycles. The summed E-state index contributed by atoms with van der Waals surface area (Å²) in [6, 6.07) is 7.50. The van der Waals surface area contributed by atoms with Crippen molar-refractivity contribution in [1.29, 1.82) is 0 Å². The highest BCUT2D eigenvalue weighted by atomic mass is 16.1. The minimum atomic E-state index is -0.0720. The van der Waals surface area contributed by atoms with Crippen LogP contribution >= 0.6 is 0 Å². The highest BCUT2D eigenvalue weighted by Crippen LogP contribution is 2.04. The van der Waals surface area contributed by atoms with Gasteiger partial charge in [-0.3, -0.25) is 9.48 Å². The molecular formula is C13H17N5O. The number of aryl methyl sites for hydroxylation is 1. The maximum atomic E-state index is 11.4. The average Bonchev–Trinajstić information content (AvgIpc) is 2.84. The molecule has 6 heteroatoms. The maximum absolute atomic E-state index is 11.4. The molecule has 6 nitrogen and oxygen atoms in total. The van der Waals surface area contributed by atoms with Crippen LogP contribution in [0.3, 0.4) is 0 Å². The smallest absolute Gasteiger partial charge is 0.251 e. The Kier molecular flexibility index (Phi) is 4.25. The van der Waals surface area contributed by atoms with Gasteiger partial charge >= 0.3 is 0 Å². The van der Waals surface area contributed by atoms with Gasteiger partial charge in [0.25, 0.3) is 5.91 Å². The third-order valence-corrected chi connectivity index (χ3v) is 2.70. The molecule has 100 valence electrons. The Balaban J connectivity index is 1.84. The van der Waals surface area contributed by atoms with Gasteiger partial charge in [0.05, 0.1) is 6.54 Å². The Hall–Kier alpha value is -2.21. The first-order valence-corrected chi connectivity index (χ1v) is 6.05. The van der Waals surface area contributed by atoms with Gasteiger partial charge in [-0.15, -0.1) is 0 Å². The van der Waals surface area contributed by atoms with Crippen LogP contribution in [0.5, 0.6) is 0 Å². The predicted octanol–water partition coefficient (Wildman–Crippen LogP) is 0.464. The van der Waals surface area contributed by atoms with E-state index >= 15 is 0 Å². The van der Waals surface area contributed by atoms with Crippen molar-refractivity contribution in [1.82, 2.24) is 25.4 Å². The van der Waals surface area contributed by atoms with Crippen LogP contribution in [0.15, 0.2) is 30.6 Å². The number of amides is 1. The number of hydrogen-bond acceptors (Lipinski definition) is 4. The lowest BCUT2D eigenvalue weighted by Gasteiger charge is -2.04. The second-order valence-electron chi connectivity index (χ2n) is 4.21. The third kappa shape index (κ3) is 3.62. The van der Waals surface area contributed by atoms with Crippen LogP contribution in [0.25, 0.3) is 0 Å². The number of hydrogen-bond donors (Lipinski definition) is 2. The molecule has 0 saturated carbocycles. The van der Waals surface area contributed by atoms with E-state index in [1.165, 1.54) is 0 Å². The van der Waals surface area contributed by atoms with Gasteiger partial charge in [0.2, 0.25) is 0 Å². The molecule has 0 radical (unpaired) electrons. The van der Waals surface area contributed by atoms with E-state index in [9.17, 15) is 4.79 Å². The minimum Gasteiger partial charge on any atom is -0.355 e. The third-order valence-electron chi connectivity index (χ3n) is 2.70. The lowest BCUT2D eigenvalue weighted by atomic mass is 10.1. The van der Waals surface area contributed by atoms with E-state index in [0.717, 1.165) is 11.4 Å². The molecule has 0 saturated heterocycles. The summed E-state index contributed by atoms with van der Waals surface area (Å²) >= 11 is 0. The number of carbonyl (C=O) groups is 1. The fraction of sp³-hybridized carbons (Fsp3) is 0.308. The van der Waals surface area contributed by atoms with E-state index in [-0.39, 0.29) is 5.91 Å². The monoisotopic (exact) mass is 259 g/mol. The molecule has 0 fully saturated rings. The van der Waals surface area contributed by atoms with Crippen LogP contribution in [0.4, 0.5) is 0 Å². The highest BCUT2D eigenvalue weighted by Gasteiger charge is 2.02. The normalized spacial score (nSPS) is 10.4. The first kappa shape index (κ1) is 13.2. The zero-order chi connectivity index (χ0) is 13.7. The summed E-state index contributed by atoms with van der Waals surface area (Å²) in [4.78, 5) is 15.5. The van der Waals surface area contributed by atoms with Crippen LogP contribution in [-0.2, 0) is 20.1 Å². The van der Waals surface area contributed by atoms with Crippen molar-refractivity contribution >= 4 is 5.91 Å². The quantitative estimate of drug-likeness (QED) is 0.818. The summed E-state index contributed by atoms with van der Waals surface area (Å²) < 4.78 is 1.68. The molecular weight excluding hydrogens is 242 g/mol. The molecule has 0 unspecified atom stereocenters. The van der Waals surface area contributed by atoms with Crippen LogP contribution in [0.1, 0.15) is 21.7 Å². The van der Waals surface area contributed by atoms with Gasteiger partial charge in [0.15, 0.2) is 5.82 Å². The molecule has 19 heavy (non-hydrogen) atoms. The zero-order valence-electron chi connectivity index (χ0n) is 11.1. The van der Waals surface area contributed by atoms with E-state index in [1.54, 1.807) is 18.1 Å². The summed E-state index contributed by atoms with van der Waals surface area (Å²) in [5.41, 5.74) is 1.78. The number of rotatable bonds is 5. The second-order valence-corrected chi connectivity index (χ2v) is 4.21. The van der Waals surface area contributed by atoms with Gasteiger partial charge in [0.1, 0.15) is 6.33 Å². The summed E-state index contributed by atoms with van der Waals surface area (Å²) in [6.45, 7) is 1.34. The minimum absolute atomic E-state index is 0.0720. The van der Waals surface area contributed by atoms with Gasteiger partial charge in [-0.25, -0.2) is 4.98 Å². The molecule has 1 aromatic carbocycles. The molecule has 2 rings (SSSR count). The zero-order valence-corrected chi connectivity index (χ0v) is 11.1. The van der Waals surface area contributed by atoms with Crippen molar-refractivity contribution in [3.8, 4) is 0 Å². The van der Waals surface area contributed by atoms with Gasteiger partial charge < -0.3 is 10.6 Å². The number of carbonyl (C=O) groups excluding carboxylic acids is 1. The molecule has 2 aromatic rings. The van der Waals surface area contributed by atoms with Gasteiger partial charge in [0, 0.05) is 26.2 Å². The van der Waals surface area contributed by atoms with Crippen molar-refractivity contribution in [2.24, 2.45) is 7.05 Å². The van der Waals surface area contributed by atoms with Crippen LogP contribution < -0.4 is 10.6 Å². The number of aromatic nitrogens is 3. The van der Waals surface area contributed by atoms with E-state index in [0.29, 0.717) is 18.7 Å². The largest absolute Gasteiger partial charge is 0.355 e. The standard InChI is InChI=1S/C13H17N5O/c1-14-13(19)11-5-3-10(4-6-11)7-15-8-12-16-9-18(2)17-12/h3-6,9,15H,7-8H2,1-2H3,(H,14,19). The van der Waals surface area contributed by atoms with Crippen LogP contribution in [0.2, 0.25) is 0 Å². The Morgan fingerprint density at radius 3 is 2.58 bits per heavy atom. The van der Waals surface area contributed by atoms with Gasteiger partial charge in [-0.1, -0.05) is 12.1 Å². The molecule has 1 aromatic heterocycles. The fourth-order valence-corrected chi connectivity index (χ4v) is 1.70. The first-order valence-electron chi connectivity index (χ1n) is 6.05. The maximum Gasteiger partial charge on any atom is 0.251 e. The summed E-state index contributed by atoms with van der Waals surface area (Å²) in [6.07, 6.45) is 1.68. The van der Waals surface area contributed by atoms with Crippen molar-refractivity contribution < 1.29 is 4.79 Å². The molecule has 0 atom stereocenters. The van der Waals surface area contributed by atoms with Crippen molar-refractivity contribution in [2.45, 2.75) is 13.1 Å². The van der Waals surface area contributed by atoms with E-state index in [4.69, 9.17) is 0 Å². The molecule has 0 aliphatic heterocycles. The van der Waals surface area contributed by atoms with Crippen LogP contribution in [-0.4, -0.2) is 27.7 Å². The Bertz CT molecular complexity index is 546. The Morgan fingerprint density at radius 1 is 1.26 bits per heavy atom. The summed E-state index contributed by atoms with van der Waals surface area (Å²) in [5, 5.41) is 10.0. The molecule has 0 aliphatic carbocycles. The number of nitrogens with zero attached hydrogens (tertiary/aromatic N) is 3. The number of benzene rings is 1. The Labute approximate surface area is 111 Å². The predicted molar refractivity (Wildman–Crippen MR) is 71.4 cm³/mol. The Morgan fingerprint density at radius 2 is 2.00 bits per heavy atom. The summed E-state index contributed by atoms with van der Waals surface area (Å²) in [5.74, 6) is 0.696.